The van der Waals surface area contributed by atoms with Crippen molar-refractivity contribution in [3.05, 3.63) is 48.3 Å². The second-order valence-electron chi connectivity index (χ2n) is 4.41. The van der Waals surface area contributed by atoms with Gasteiger partial charge in [0.15, 0.2) is 17.5 Å². The number of aromatic nitrogens is 3. The second-order valence-corrected chi connectivity index (χ2v) is 4.41. The third-order valence-corrected chi connectivity index (χ3v) is 2.89. The number of anilines is 1. The quantitative estimate of drug-likeness (QED) is 0.788. The molecule has 0 fully saturated rings. The molecule has 7 heteroatoms. The number of rotatable bonds is 2. The molecule has 0 aliphatic heterocycles. The van der Waals surface area contributed by atoms with Gasteiger partial charge in [0.25, 0.3) is 0 Å². The maximum atomic E-state index is 13.5. The molecule has 0 saturated heterocycles. The predicted molar refractivity (Wildman–Crippen MR) is 72.6 cm³/mol. The van der Waals surface area contributed by atoms with E-state index in [1.165, 1.54) is 13.0 Å². The number of carbonyl (C=O) groups is 1. The molecule has 21 heavy (non-hydrogen) atoms. The van der Waals surface area contributed by atoms with E-state index < -0.39 is 11.6 Å². The van der Waals surface area contributed by atoms with Gasteiger partial charge in [-0.15, -0.1) is 0 Å². The van der Waals surface area contributed by atoms with E-state index in [4.69, 9.17) is 0 Å². The minimum absolute atomic E-state index is 0.243. The highest BCUT2D eigenvalue weighted by atomic mass is 19.2. The Balaban J connectivity index is 2.27. The van der Waals surface area contributed by atoms with Crippen LogP contribution in [0.15, 0.2) is 36.7 Å². The van der Waals surface area contributed by atoms with E-state index >= 15 is 0 Å². The lowest BCUT2D eigenvalue weighted by molar-refractivity contribution is -0.114. The van der Waals surface area contributed by atoms with Crippen LogP contribution in [0.25, 0.3) is 17.0 Å². The number of carbonyl (C=O) groups excluding carboxylic acids is 1. The van der Waals surface area contributed by atoms with Crippen LogP contribution in [0.5, 0.6) is 0 Å². The van der Waals surface area contributed by atoms with Gasteiger partial charge < -0.3 is 5.32 Å². The van der Waals surface area contributed by atoms with Gasteiger partial charge in [-0.05, 0) is 24.3 Å². The van der Waals surface area contributed by atoms with Crippen LogP contribution in [0, 0.1) is 11.6 Å². The second kappa shape index (κ2) is 4.93. The van der Waals surface area contributed by atoms with E-state index in [0.29, 0.717) is 17.0 Å². The van der Waals surface area contributed by atoms with Crippen molar-refractivity contribution in [2.24, 2.45) is 0 Å². The molecule has 0 bridgehead atoms. The van der Waals surface area contributed by atoms with Crippen LogP contribution in [-0.2, 0) is 4.79 Å². The van der Waals surface area contributed by atoms with Crippen LogP contribution in [0.4, 0.5) is 14.6 Å². The van der Waals surface area contributed by atoms with Gasteiger partial charge in [0.1, 0.15) is 0 Å². The van der Waals surface area contributed by atoms with Gasteiger partial charge in [-0.1, -0.05) is 0 Å². The number of hydrogen-bond donors (Lipinski definition) is 1. The summed E-state index contributed by atoms with van der Waals surface area (Å²) in [6.07, 6.45) is 3.23. The summed E-state index contributed by atoms with van der Waals surface area (Å²) in [5.41, 5.74) is 0.824. The molecule has 0 unspecified atom stereocenters. The zero-order valence-corrected chi connectivity index (χ0v) is 11.0. The molecule has 3 aromatic rings. The van der Waals surface area contributed by atoms with Crippen molar-refractivity contribution in [2.75, 3.05) is 5.32 Å². The Morgan fingerprint density at radius 1 is 1.29 bits per heavy atom. The van der Waals surface area contributed by atoms with Crippen LogP contribution in [-0.4, -0.2) is 20.3 Å². The van der Waals surface area contributed by atoms with E-state index in [-0.39, 0.29) is 11.7 Å². The summed E-state index contributed by atoms with van der Waals surface area (Å²) < 4.78 is 28.1. The summed E-state index contributed by atoms with van der Waals surface area (Å²) in [6, 6.07) is 5.17. The van der Waals surface area contributed by atoms with Crippen molar-refractivity contribution in [1.82, 2.24) is 14.4 Å². The molecule has 0 aliphatic carbocycles. The van der Waals surface area contributed by atoms with E-state index in [1.54, 1.807) is 22.9 Å². The number of benzene rings is 1. The lowest BCUT2D eigenvalue weighted by Gasteiger charge is -2.05. The molecule has 5 nitrogen and oxygen atoms in total. The number of fused-ring (bicyclic) bond motifs is 1. The number of nitrogens with one attached hydrogen (secondary N) is 1. The van der Waals surface area contributed by atoms with Crippen LogP contribution in [0.1, 0.15) is 6.92 Å². The van der Waals surface area contributed by atoms with Gasteiger partial charge in [-0.2, -0.15) is 4.98 Å². The van der Waals surface area contributed by atoms with Crippen LogP contribution in [0.2, 0.25) is 0 Å². The summed E-state index contributed by atoms with van der Waals surface area (Å²) in [4.78, 5) is 19.5. The van der Waals surface area contributed by atoms with Crippen molar-refractivity contribution < 1.29 is 13.6 Å². The molecule has 3 rings (SSSR count). The first-order chi connectivity index (χ1) is 10.1. The van der Waals surface area contributed by atoms with Gasteiger partial charge in [0, 0.05) is 24.9 Å². The molecule has 2 heterocycles. The number of nitrogens with zero attached hydrogens (tertiary/aromatic N) is 3. The molecule has 0 spiro atoms. The van der Waals surface area contributed by atoms with E-state index in [0.717, 1.165) is 12.1 Å². The zero-order chi connectivity index (χ0) is 15.0. The summed E-state index contributed by atoms with van der Waals surface area (Å²) >= 11 is 0. The predicted octanol–water partition coefficient (Wildman–Crippen LogP) is 2.63. The third kappa shape index (κ3) is 2.33. The Hall–Kier alpha value is -2.83. The Kier molecular flexibility index (Phi) is 3.09. The summed E-state index contributed by atoms with van der Waals surface area (Å²) in [5.74, 6) is -1.64. The van der Waals surface area contributed by atoms with Gasteiger partial charge in [-0.3, -0.25) is 9.20 Å². The van der Waals surface area contributed by atoms with Crippen molar-refractivity contribution in [3.8, 4) is 11.3 Å². The maximum absolute atomic E-state index is 13.5. The fourth-order valence-corrected chi connectivity index (χ4v) is 2.06. The molecule has 0 saturated carbocycles. The van der Waals surface area contributed by atoms with Crippen molar-refractivity contribution >= 4 is 17.5 Å². The SMILES string of the molecule is CC(=O)Nc1nc2ncccn2c1-c1ccc(F)c(F)c1. The van der Waals surface area contributed by atoms with Crippen molar-refractivity contribution in [3.63, 3.8) is 0 Å². The molecule has 0 aliphatic rings. The molecule has 0 atom stereocenters. The van der Waals surface area contributed by atoms with Gasteiger partial charge in [0.05, 0.1) is 5.69 Å². The first-order valence-electron chi connectivity index (χ1n) is 6.12. The Morgan fingerprint density at radius 3 is 2.81 bits per heavy atom. The fourth-order valence-electron chi connectivity index (χ4n) is 2.06. The topological polar surface area (TPSA) is 59.3 Å². The van der Waals surface area contributed by atoms with E-state index in [2.05, 4.69) is 15.3 Å². The average Bonchev–Trinajstić information content (AvgIpc) is 2.79. The van der Waals surface area contributed by atoms with E-state index in [9.17, 15) is 13.6 Å². The lowest BCUT2D eigenvalue weighted by atomic mass is 10.1. The Labute approximate surface area is 118 Å². The first kappa shape index (κ1) is 13.2. The summed E-state index contributed by atoms with van der Waals surface area (Å²) in [5, 5.41) is 2.57. The summed E-state index contributed by atoms with van der Waals surface area (Å²) in [7, 11) is 0. The zero-order valence-electron chi connectivity index (χ0n) is 11.0. The van der Waals surface area contributed by atoms with Crippen LogP contribution >= 0.6 is 0 Å². The highest BCUT2D eigenvalue weighted by Gasteiger charge is 2.17. The monoisotopic (exact) mass is 288 g/mol. The molecule has 0 radical (unpaired) electrons. The molecule has 1 N–H and O–H groups in total. The maximum Gasteiger partial charge on any atom is 0.236 e. The number of amides is 1. The number of imidazole rings is 1. The van der Waals surface area contributed by atoms with E-state index in [1.807, 2.05) is 0 Å². The van der Waals surface area contributed by atoms with Gasteiger partial charge in [0.2, 0.25) is 11.7 Å². The minimum atomic E-state index is -0.972. The smallest absolute Gasteiger partial charge is 0.236 e. The third-order valence-electron chi connectivity index (χ3n) is 2.89. The standard InChI is InChI=1S/C14H10F2N4O/c1-8(21)18-13-12(9-3-4-10(15)11(16)7-9)20-6-2-5-17-14(20)19-13/h2-7H,1H3,(H,18,21). The van der Waals surface area contributed by atoms with Crippen LogP contribution in [0.3, 0.4) is 0 Å². The molecule has 1 aromatic carbocycles. The minimum Gasteiger partial charge on any atom is -0.309 e. The molecule has 2 aromatic heterocycles. The first-order valence-corrected chi connectivity index (χ1v) is 6.12. The Bertz CT molecular complexity index is 844. The molecular weight excluding hydrogens is 278 g/mol. The average molecular weight is 288 g/mol. The fraction of sp³-hybridized carbons (Fsp3) is 0.0714. The number of hydrogen-bond acceptors (Lipinski definition) is 3. The molecule has 106 valence electrons. The highest BCUT2D eigenvalue weighted by Crippen LogP contribution is 2.29. The highest BCUT2D eigenvalue weighted by molar-refractivity contribution is 5.92. The molecule has 1 amide bonds. The molecular formula is C14H10F2N4O. The normalized spacial score (nSPS) is 10.8. The lowest BCUT2D eigenvalue weighted by Crippen LogP contribution is -2.07. The number of halogens is 2. The van der Waals surface area contributed by atoms with Crippen molar-refractivity contribution in [2.45, 2.75) is 6.92 Å². The van der Waals surface area contributed by atoms with Gasteiger partial charge >= 0.3 is 0 Å². The Morgan fingerprint density at radius 2 is 2.10 bits per heavy atom. The van der Waals surface area contributed by atoms with Crippen molar-refractivity contribution in [1.29, 1.82) is 0 Å². The van der Waals surface area contributed by atoms with Gasteiger partial charge in [-0.25, -0.2) is 13.8 Å². The largest absolute Gasteiger partial charge is 0.309 e. The van der Waals surface area contributed by atoms with Crippen LogP contribution < -0.4 is 5.32 Å². The summed E-state index contributed by atoms with van der Waals surface area (Å²) in [6.45, 7) is 1.34.